The number of ether oxygens (including phenoxy) is 2. The number of urea groups is 1. The molecular formula is C21H24N4O3. The number of amides is 2. The lowest BCUT2D eigenvalue weighted by atomic mass is 10.1. The van der Waals surface area contributed by atoms with Crippen LogP contribution in [-0.2, 0) is 13.6 Å². The van der Waals surface area contributed by atoms with Gasteiger partial charge in [-0.25, -0.2) is 9.78 Å². The van der Waals surface area contributed by atoms with Gasteiger partial charge >= 0.3 is 6.03 Å². The fraction of sp³-hybridized carbons (Fsp3) is 0.238. The molecule has 2 amide bonds. The molecule has 2 N–H and O–H groups in total. The molecule has 0 fully saturated rings. The molecule has 1 aromatic heterocycles. The molecule has 1 unspecified atom stereocenters. The third-order valence-electron chi connectivity index (χ3n) is 4.43. The van der Waals surface area contributed by atoms with Gasteiger partial charge in [-0.05, 0) is 35.4 Å². The van der Waals surface area contributed by atoms with Crippen molar-refractivity contribution < 1.29 is 14.3 Å². The second-order valence-electron chi connectivity index (χ2n) is 6.28. The molecule has 0 saturated carbocycles. The number of hydrogen-bond acceptors (Lipinski definition) is 4. The van der Waals surface area contributed by atoms with Gasteiger partial charge in [-0.1, -0.05) is 24.3 Å². The van der Waals surface area contributed by atoms with Gasteiger partial charge in [0.25, 0.3) is 0 Å². The number of imidazole rings is 1. The molecule has 0 aliphatic carbocycles. The van der Waals surface area contributed by atoms with Gasteiger partial charge in [-0.2, -0.15) is 0 Å². The number of carbonyl (C=O) groups excluding carboxylic acids is 1. The summed E-state index contributed by atoms with van der Waals surface area (Å²) in [6.07, 6.45) is 3.55. The van der Waals surface area contributed by atoms with Gasteiger partial charge in [-0.15, -0.1) is 0 Å². The number of aromatic nitrogens is 2. The van der Waals surface area contributed by atoms with Crippen molar-refractivity contribution >= 4 is 6.03 Å². The van der Waals surface area contributed by atoms with Crippen molar-refractivity contribution in [3.63, 3.8) is 0 Å². The summed E-state index contributed by atoms with van der Waals surface area (Å²) in [5.41, 5.74) is 1.86. The smallest absolute Gasteiger partial charge is 0.315 e. The number of carbonyl (C=O) groups is 1. The normalized spacial score (nSPS) is 11.5. The summed E-state index contributed by atoms with van der Waals surface area (Å²) in [6, 6.07) is 14.4. The minimum Gasteiger partial charge on any atom is -0.497 e. The van der Waals surface area contributed by atoms with Crippen LogP contribution in [-0.4, -0.2) is 29.8 Å². The van der Waals surface area contributed by atoms with Crippen molar-refractivity contribution in [2.75, 3.05) is 14.2 Å². The molecule has 0 radical (unpaired) electrons. The lowest BCUT2D eigenvalue weighted by Crippen LogP contribution is -2.38. The van der Waals surface area contributed by atoms with Crippen LogP contribution in [0, 0.1) is 0 Å². The van der Waals surface area contributed by atoms with Crippen LogP contribution < -0.4 is 20.1 Å². The third-order valence-corrected chi connectivity index (χ3v) is 4.43. The standard InChI is InChI=1S/C21H24N4O3/c1-25-12-11-22-20(25)19(16-5-4-6-18(13-16)28-3)24-21(26)23-14-15-7-9-17(27-2)10-8-15/h4-13,19H,14H2,1-3H3,(H2,23,24,26). The molecule has 0 spiro atoms. The van der Waals surface area contributed by atoms with Gasteiger partial charge < -0.3 is 24.7 Å². The summed E-state index contributed by atoms with van der Waals surface area (Å²) >= 11 is 0. The van der Waals surface area contributed by atoms with E-state index in [0.29, 0.717) is 6.54 Å². The van der Waals surface area contributed by atoms with E-state index in [-0.39, 0.29) is 6.03 Å². The van der Waals surface area contributed by atoms with E-state index in [4.69, 9.17) is 9.47 Å². The van der Waals surface area contributed by atoms with Crippen LogP contribution in [0.2, 0.25) is 0 Å². The predicted octanol–water partition coefficient (Wildman–Crippen LogP) is 3.03. The first kappa shape index (κ1) is 19.3. The van der Waals surface area contributed by atoms with Gasteiger partial charge in [0.15, 0.2) is 0 Å². The van der Waals surface area contributed by atoms with E-state index in [2.05, 4.69) is 15.6 Å². The Morgan fingerprint density at radius 3 is 2.50 bits per heavy atom. The summed E-state index contributed by atoms with van der Waals surface area (Å²) in [5.74, 6) is 2.23. The molecule has 1 heterocycles. The highest BCUT2D eigenvalue weighted by atomic mass is 16.5. The van der Waals surface area contributed by atoms with Crippen LogP contribution in [0.3, 0.4) is 0 Å². The number of nitrogens with one attached hydrogen (secondary N) is 2. The molecule has 0 bridgehead atoms. The van der Waals surface area contributed by atoms with Crippen molar-refractivity contribution in [3.8, 4) is 11.5 Å². The fourth-order valence-corrected chi connectivity index (χ4v) is 2.88. The van der Waals surface area contributed by atoms with Crippen molar-refractivity contribution in [2.24, 2.45) is 7.05 Å². The number of hydrogen-bond donors (Lipinski definition) is 2. The second kappa shape index (κ2) is 8.94. The Hall–Kier alpha value is -3.48. The molecular weight excluding hydrogens is 356 g/mol. The summed E-state index contributed by atoms with van der Waals surface area (Å²) in [5, 5.41) is 5.89. The predicted molar refractivity (Wildman–Crippen MR) is 106 cm³/mol. The molecule has 7 nitrogen and oxygen atoms in total. The van der Waals surface area contributed by atoms with Crippen molar-refractivity contribution in [1.29, 1.82) is 0 Å². The zero-order chi connectivity index (χ0) is 19.9. The average Bonchev–Trinajstić information content (AvgIpc) is 3.16. The van der Waals surface area contributed by atoms with E-state index in [1.165, 1.54) is 0 Å². The number of benzene rings is 2. The number of aryl methyl sites for hydroxylation is 1. The summed E-state index contributed by atoms with van der Waals surface area (Å²) in [6.45, 7) is 0.404. The first-order chi connectivity index (χ1) is 13.6. The SMILES string of the molecule is COc1ccc(CNC(=O)NC(c2cccc(OC)c2)c2nccn2C)cc1. The minimum atomic E-state index is -0.411. The lowest BCUT2D eigenvalue weighted by molar-refractivity contribution is 0.237. The Morgan fingerprint density at radius 2 is 1.86 bits per heavy atom. The maximum absolute atomic E-state index is 12.6. The lowest BCUT2D eigenvalue weighted by Gasteiger charge is -2.20. The molecule has 0 aliphatic rings. The Labute approximate surface area is 164 Å². The van der Waals surface area contributed by atoms with Crippen LogP contribution in [0.25, 0.3) is 0 Å². The van der Waals surface area contributed by atoms with Crippen molar-refractivity contribution in [1.82, 2.24) is 20.2 Å². The van der Waals surface area contributed by atoms with Gasteiger partial charge in [0.2, 0.25) is 0 Å². The van der Waals surface area contributed by atoms with E-state index in [0.717, 1.165) is 28.5 Å². The highest BCUT2D eigenvalue weighted by Crippen LogP contribution is 2.24. The average molecular weight is 380 g/mol. The molecule has 2 aromatic carbocycles. The number of rotatable bonds is 7. The topological polar surface area (TPSA) is 77.4 Å². The highest BCUT2D eigenvalue weighted by molar-refractivity contribution is 5.75. The monoisotopic (exact) mass is 380 g/mol. The molecule has 28 heavy (non-hydrogen) atoms. The van der Waals surface area contributed by atoms with Gasteiger partial charge in [0.1, 0.15) is 23.4 Å². The highest BCUT2D eigenvalue weighted by Gasteiger charge is 2.21. The van der Waals surface area contributed by atoms with E-state index in [1.54, 1.807) is 20.4 Å². The molecule has 0 aliphatic heterocycles. The quantitative estimate of drug-likeness (QED) is 0.661. The van der Waals surface area contributed by atoms with Gasteiger partial charge in [0, 0.05) is 26.0 Å². The van der Waals surface area contributed by atoms with E-state index >= 15 is 0 Å². The van der Waals surface area contributed by atoms with Crippen LogP contribution >= 0.6 is 0 Å². The zero-order valence-electron chi connectivity index (χ0n) is 16.2. The Balaban J connectivity index is 1.73. The van der Waals surface area contributed by atoms with Crippen LogP contribution in [0.1, 0.15) is 23.0 Å². The molecule has 3 aromatic rings. The van der Waals surface area contributed by atoms with Crippen LogP contribution in [0.15, 0.2) is 60.9 Å². The van der Waals surface area contributed by atoms with Crippen LogP contribution in [0.4, 0.5) is 4.79 Å². The van der Waals surface area contributed by atoms with E-state index in [9.17, 15) is 4.79 Å². The first-order valence-corrected chi connectivity index (χ1v) is 8.89. The molecule has 3 rings (SSSR count). The third kappa shape index (κ3) is 4.62. The van der Waals surface area contributed by atoms with E-state index in [1.807, 2.05) is 66.3 Å². The first-order valence-electron chi connectivity index (χ1n) is 8.89. The maximum atomic E-state index is 12.6. The zero-order valence-corrected chi connectivity index (χ0v) is 16.2. The summed E-state index contributed by atoms with van der Waals surface area (Å²) in [7, 11) is 5.13. The van der Waals surface area contributed by atoms with E-state index < -0.39 is 6.04 Å². The van der Waals surface area contributed by atoms with Gasteiger partial charge in [-0.3, -0.25) is 0 Å². The van der Waals surface area contributed by atoms with Crippen LogP contribution in [0.5, 0.6) is 11.5 Å². The minimum absolute atomic E-state index is 0.286. The Morgan fingerprint density at radius 1 is 1.11 bits per heavy atom. The van der Waals surface area contributed by atoms with Crippen molar-refractivity contribution in [3.05, 3.63) is 77.9 Å². The largest absolute Gasteiger partial charge is 0.497 e. The maximum Gasteiger partial charge on any atom is 0.315 e. The second-order valence-corrected chi connectivity index (χ2v) is 6.28. The molecule has 0 saturated heterocycles. The summed E-state index contributed by atoms with van der Waals surface area (Å²) < 4.78 is 12.3. The fourth-order valence-electron chi connectivity index (χ4n) is 2.88. The Bertz CT molecular complexity index is 921. The number of methoxy groups -OCH3 is 2. The molecule has 1 atom stereocenters. The number of nitrogens with zero attached hydrogens (tertiary/aromatic N) is 2. The van der Waals surface area contributed by atoms with Crippen molar-refractivity contribution in [2.45, 2.75) is 12.6 Å². The van der Waals surface area contributed by atoms with Gasteiger partial charge in [0.05, 0.1) is 14.2 Å². The summed E-state index contributed by atoms with van der Waals surface area (Å²) in [4.78, 5) is 17.0. The molecule has 146 valence electrons. The molecule has 7 heteroatoms. The Kier molecular flexibility index (Phi) is 6.16.